The Morgan fingerprint density at radius 3 is 2.40 bits per heavy atom. The Hall–Kier alpha value is -2.30. The van der Waals surface area contributed by atoms with Crippen LogP contribution < -0.4 is 15.0 Å². The van der Waals surface area contributed by atoms with Gasteiger partial charge in [-0.15, -0.1) is 0 Å². The average molecular weight is 274 g/mol. The van der Waals surface area contributed by atoms with Gasteiger partial charge in [0.15, 0.2) is 0 Å². The Balaban J connectivity index is 1.97. The summed E-state index contributed by atoms with van der Waals surface area (Å²) in [6.07, 6.45) is 0. The van der Waals surface area contributed by atoms with Crippen molar-refractivity contribution in [3.63, 3.8) is 0 Å². The SMILES string of the molecule is COc1ccc(OCCn2c(C)nc(C)cc2=O)cc1. The van der Waals surface area contributed by atoms with Crippen LogP contribution in [-0.4, -0.2) is 23.3 Å². The van der Waals surface area contributed by atoms with Crippen molar-refractivity contribution in [2.45, 2.75) is 20.4 Å². The summed E-state index contributed by atoms with van der Waals surface area (Å²) in [5, 5.41) is 0. The highest BCUT2D eigenvalue weighted by molar-refractivity contribution is 5.31. The fourth-order valence-corrected chi connectivity index (χ4v) is 1.96. The first-order valence-corrected chi connectivity index (χ1v) is 6.42. The van der Waals surface area contributed by atoms with Gasteiger partial charge in [0, 0.05) is 11.8 Å². The number of hydrogen-bond acceptors (Lipinski definition) is 4. The van der Waals surface area contributed by atoms with Crippen molar-refractivity contribution >= 4 is 0 Å². The molecule has 0 aliphatic carbocycles. The normalized spacial score (nSPS) is 10.3. The summed E-state index contributed by atoms with van der Waals surface area (Å²) in [5.41, 5.74) is 0.688. The van der Waals surface area contributed by atoms with Gasteiger partial charge in [-0.25, -0.2) is 4.98 Å². The lowest BCUT2D eigenvalue weighted by atomic mass is 10.3. The van der Waals surface area contributed by atoms with E-state index in [1.165, 1.54) is 6.07 Å². The molecule has 1 heterocycles. The standard InChI is InChI=1S/C15H18N2O3/c1-11-10-15(18)17(12(2)16-11)8-9-20-14-6-4-13(19-3)5-7-14/h4-7,10H,8-9H2,1-3H3. The molecule has 0 radical (unpaired) electrons. The number of ether oxygens (including phenoxy) is 2. The van der Waals surface area contributed by atoms with Gasteiger partial charge < -0.3 is 9.47 Å². The summed E-state index contributed by atoms with van der Waals surface area (Å²) in [4.78, 5) is 16.1. The molecule has 0 aliphatic heterocycles. The molecule has 1 aromatic carbocycles. The number of methoxy groups -OCH3 is 1. The van der Waals surface area contributed by atoms with E-state index in [0.717, 1.165) is 17.2 Å². The van der Waals surface area contributed by atoms with Crippen LogP contribution in [0.5, 0.6) is 11.5 Å². The number of hydrogen-bond donors (Lipinski definition) is 0. The second-order valence-corrected chi connectivity index (χ2v) is 4.46. The van der Waals surface area contributed by atoms with Gasteiger partial charge in [-0.2, -0.15) is 0 Å². The van der Waals surface area contributed by atoms with E-state index in [1.807, 2.05) is 38.1 Å². The molecule has 0 aliphatic rings. The molecule has 5 nitrogen and oxygen atoms in total. The predicted octanol–water partition coefficient (Wildman–Crippen LogP) is 1.95. The highest BCUT2D eigenvalue weighted by Gasteiger charge is 2.03. The molecule has 0 amide bonds. The molecule has 5 heteroatoms. The number of nitrogens with zero attached hydrogens (tertiary/aromatic N) is 2. The maximum Gasteiger partial charge on any atom is 0.253 e. The minimum atomic E-state index is -0.0478. The molecular weight excluding hydrogens is 256 g/mol. The van der Waals surface area contributed by atoms with E-state index < -0.39 is 0 Å². The lowest BCUT2D eigenvalue weighted by molar-refractivity contribution is 0.293. The fourth-order valence-electron chi connectivity index (χ4n) is 1.96. The molecule has 2 rings (SSSR count). The van der Waals surface area contributed by atoms with Crippen LogP contribution in [-0.2, 0) is 6.54 Å². The largest absolute Gasteiger partial charge is 0.497 e. The van der Waals surface area contributed by atoms with Crippen LogP contribution in [0.15, 0.2) is 35.1 Å². The summed E-state index contributed by atoms with van der Waals surface area (Å²) in [7, 11) is 1.62. The molecule has 0 atom stereocenters. The Bertz CT molecular complexity index is 633. The molecule has 0 fully saturated rings. The van der Waals surface area contributed by atoms with E-state index in [4.69, 9.17) is 9.47 Å². The van der Waals surface area contributed by atoms with Crippen LogP contribution in [0.2, 0.25) is 0 Å². The average Bonchev–Trinajstić information content (AvgIpc) is 2.42. The first-order valence-electron chi connectivity index (χ1n) is 6.42. The second kappa shape index (κ2) is 6.23. The zero-order chi connectivity index (χ0) is 14.5. The highest BCUT2D eigenvalue weighted by atomic mass is 16.5. The molecule has 20 heavy (non-hydrogen) atoms. The molecule has 0 saturated carbocycles. The van der Waals surface area contributed by atoms with Crippen LogP contribution in [0.1, 0.15) is 11.5 Å². The predicted molar refractivity (Wildman–Crippen MR) is 76.5 cm³/mol. The zero-order valence-corrected chi connectivity index (χ0v) is 11.9. The van der Waals surface area contributed by atoms with Crippen LogP contribution in [0.4, 0.5) is 0 Å². The molecule has 0 bridgehead atoms. The van der Waals surface area contributed by atoms with Crippen LogP contribution in [0.3, 0.4) is 0 Å². The van der Waals surface area contributed by atoms with Gasteiger partial charge in [-0.1, -0.05) is 0 Å². The maximum atomic E-state index is 11.8. The molecular formula is C15H18N2O3. The lowest BCUT2D eigenvalue weighted by Crippen LogP contribution is -2.26. The Kier molecular flexibility index (Phi) is 4.40. The number of aromatic nitrogens is 2. The second-order valence-electron chi connectivity index (χ2n) is 4.46. The summed E-state index contributed by atoms with van der Waals surface area (Å²) < 4.78 is 12.3. The topological polar surface area (TPSA) is 53.4 Å². The van der Waals surface area contributed by atoms with E-state index in [2.05, 4.69) is 4.98 Å². The van der Waals surface area contributed by atoms with Gasteiger partial charge in [-0.3, -0.25) is 9.36 Å². The van der Waals surface area contributed by atoms with Gasteiger partial charge in [0.1, 0.15) is 23.9 Å². The van der Waals surface area contributed by atoms with E-state index in [-0.39, 0.29) is 5.56 Å². The molecule has 106 valence electrons. The monoisotopic (exact) mass is 274 g/mol. The van der Waals surface area contributed by atoms with Gasteiger partial charge >= 0.3 is 0 Å². The van der Waals surface area contributed by atoms with Crippen LogP contribution >= 0.6 is 0 Å². The summed E-state index contributed by atoms with van der Waals surface area (Å²) in [6.45, 7) is 4.52. The van der Waals surface area contributed by atoms with E-state index in [0.29, 0.717) is 19.0 Å². The molecule has 1 aromatic heterocycles. The van der Waals surface area contributed by atoms with Crippen molar-refractivity contribution in [1.29, 1.82) is 0 Å². The van der Waals surface area contributed by atoms with Crippen LogP contribution in [0, 0.1) is 13.8 Å². The minimum absolute atomic E-state index is 0.0478. The molecule has 0 saturated heterocycles. The maximum absolute atomic E-state index is 11.8. The van der Waals surface area contributed by atoms with E-state index in [9.17, 15) is 4.79 Å². The quantitative estimate of drug-likeness (QED) is 0.836. The van der Waals surface area contributed by atoms with Crippen LogP contribution in [0.25, 0.3) is 0 Å². The Labute approximate surface area is 117 Å². The minimum Gasteiger partial charge on any atom is -0.497 e. The van der Waals surface area contributed by atoms with Gasteiger partial charge in [-0.05, 0) is 38.1 Å². The first-order chi connectivity index (χ1) is 9.60. The van der Waals surface area contributed by atoms with Crippen molar-refractivity contribution in [1.82, 2.24) is 9.55 Å². The Morgan fingerprint density at radius 1 is 1.15 bits per heavy atom. The number of benzene rings is 1. The number of aryl methyl sites for hydroxylation is 2. The third kappa shape index (κ3) is 3.38. The summed E-state index contributed by atoms with van der Waals surface area (Å²) in [5.74, 6) is 2.23. The number of rotatable bonds is 5. The van der Waals surface area contributed by atoms with Crippen molar-refractivity contribution in [3.8, 4) is 11.5 Å². The van der Waals surface area contributed by atoms with E-state index in [1.54, 1.807) is 11.7 Å². The van der Waals surface area contributed by atoms with Crippen molar-refractivity contribution in [3.05, 3.63) is 52.2 Å². The summed E-state index contributed by atoms with van der Waals surface area (Å²) >= 11 is 0. The lowest BCUT2D eigenvalue weighted by Gasteiger charge is -2.11. The molecule has 0 N–H and O–H groups in total. The van der Waals surface area contributed by atoms with Crippen molar-refractivity contribution in [2.75, 3.05) is 13.7 Å². The third-order valence-corrected chi connectivity index (χ3v) is 2.97. The van der Waals surface area contributed by atoms with Gasteiger partial charge in [0.05, 0.1) is 13.7 Å². The molecule has 2 aromatic rings. The summed E-state index contributed by atoms with van der Waals surface area (Å²) in [6, 6.07) is 8.87. The van der Waals surface area contributed by atoms with E-state index >= 15 is 0 Å². The van der Waals surface area contributed by atoms with Crippen molar-refractivity contribution < 1.29 is 9.47 Å². The molecule has 0 unspecified atom stereocenters. The molecule has 0 spiro atoms. The van der Waals surface area contributed by atoms with Gasteiger partial charge in [0.25, 0.3) is 5.56 Å². The highest BCUT2D eigenvalue weighted by Crippen LogP contribution is 2.16. The van der Waals surface area contributed by atoms with Crippen molar-refractivity contribution in [2.24, 2.45) is 0 Å². The smallest absolute Gasteiger partial charge is 0.253 e. The zero-order valence-electron chi connectivity index (χ0n) is 11.9. The fraction of sp³-hybridized carbons (Fsp3) is 0.333. The third-order valence-electron chi connectivity index (χ3n) is 2.97. The Morgan fingerprint density at radius 2 is 1.80 bits per heavy atom. The first kappa shape index (κ1) is 14.1. The van der Waals surface area contributed by atoms with Gasteiger partial charge in [0.2, 0.25) is 0 Å².